The van der Waals surface area contributed by atoms with Crippen molar-refractivity contribution in [1.29, 1.82) is 0 Å². The number of nitrogens with zero attached hydrogens (tertiary/aromatic N) is 8. The topological polar surface area (TPSA) is 94.3 Å². The minimum absolute atomic E-state index is 0.478. The number of morpholine rings is 2. The van der Waals surface area contributed by atoms with Crippen LogP contribution in [0.3, 0.4) is 0 Å². The summed E-state index contributed by atoms with van der Waals surface area (Å²) in [6, 6.07) is 0. The van der Waals surface area contributed by atoms with Crippen molar-refractivity contribution in [3.8, 4) is 5.95 Å². The average Bonchev–Trinajstić information content (AvgIpc) is 3.18. The van der Waals surface area contributed by atoms with E-state index in [4.69, 9.17) is 9.47 Å². The van der Waals surface area contributed by atoms with Crippen LogP contribution >= 0.6 is 11.8 Å². The molecule has 2 saturated heterocycles. The molecule has 0 radical (unpaired) electrons. The van der Waals surface area contributed by atoms with Gasteiger partial charge in [0.2, 0.25) is 17.1 Å². The van der Waals surface area contributed by atoms with E-state index in [1.54, 1.807) is 11.0 Å². The van der Waals surface area contributed by atoms with Gasteiger partial charge in [0.1, 0.15) is 6.33 Å². The molecule has 2 aliphatic heterocycles. The highest BCUT2D eigenvalue weighted by Crippen LogP contribution is 2.18. The Labute approximate surface area is 149 Å². The Morgan fingerprint density at radius 1 is 0.840 bits per heavy atom. The standard InChI is InChI=1S/C14H20N8O2S/c1-25-14-15-10-22(19-14)13-17-11(20-2-6-23-7-3-20)16-12(18-13)21-4-8-24-9-5-21/h10H,2-9H2,1H3. The van der Waals surface area contributed by atoms with Crippen molar-refractivity contribution in [3.63, 3.8) is 0 Å². The second-order valence-electron chi connectivity index (χ2n) is 5.61. The zero-order valence-corrected chi connectivity index (χ0v) is 14.9. The zero-order chi connectivity index (χ0) is 17.1. The molecule has 2 aliphatic rings. The zero-order valence-electron chi connectivity index (χ0n) is 14.0. The fourth-order valence-corrected chi connectivity index (χ4v) is 3.02. The highest BCUT2D eigenvalue weighted by Gasteiger charge is 2.21. The third-order valence-electron chi connectivity index (χ3n) is 4.05. The van der Waals surface area contributed by atoms with E-state index in [1.807, 2.05) is 6.26 Å². The lowest BCUT2D eigenvalue weighted by Crippen LogP contribution is -2.40. The second kappa shape index (κ2) is 7.50. The van der Waals surface area contributed by atoms with Gasteiger partial charge in [-0.05, 0) is 6.26 Å². The van der Waals surface area contributed by atoms with Crippen LogP contribution in [0.25, 0.3) is 5.95 Å². The Hall–Kier alpha value is -1.98. The molecule has 134 valence electrons. The summed E-state index contributed by atoms with van der Waals surface area (Å²) in [6.07, 6.45) is 3.57. The van der Waals surface area contributed by atoms with E-state index in [1.165, 1.54) is 11.8 Å². The fourth-order valence-electron chi connectivity index (χ4n) is 2.69. The molecule has 4 heterocycles. The Morgan fingerprint density at radius 3 is 1.84 bits per heavy atom. The Balaban J connectivity index is 1.70. The molecule has 0 aromatic carbocycles. The maximum atomic E-state index is 5.43. The summed E-state index contributed by atoms with van der Waals surface area (Å²) < 4.78 is 12.5. The molecule has 0 amide bonds. The van der Waals surface area contributed by atoms with Crippen LogP contribution in [0, 0.1) is 0 Å². The number of ether oxygens (including phenoxy) is 2. The number of anilines is 2. The lowest BCUT2D eigenvalue weighted by atomic mass is 10.4. The van der Waals surface area contributed by atoms with Crippen LogP contribution in [-0.4, -0.2) is 88.6 Å². The number of hydrogen-bond donors (Lipinski definition) is 0. The monoisotopic (exact) mass is 364 g/mol. The summed E-state index contributed by atoms with van der Waals surface area (Å²) in [5.41, 5.74) is 0. The van der Waals surface area contributed by atoms with Crippen molar-refractivity contribution in [2.24, 2.45) is 0 Å². The van der Waals surface area contributed by atoms with E-state index in [9.17, 15) is 0 Å². The molecule has 2 fully saturated rings. The maximum Gasteiger partial charge on any atom is 0.258 e. The van der Waals surface area contributed by atoms with Gasteiger partial charge in [-0.3, -0.25) is 0 Å². The summed E-state index contributed by atoms with van der Waals surface area (Å²) in [5, 5.41) is 5.08. The highest BCUT2D eigenvalue weighted by atomic mass is 32.2. The van der Waals surface area contributed by atoms with Crippen molar-refractivity contribution < 1.29 is 9.47 Å². The molecule has 0 saturated carbocycles. The van der Waals surface area contributed by atoms with Gasteiger partial charge in [-0.15, -0.1) is 5.10 Å². The van der Waals surface area contributed by atoms with Crippen LogP contribution in [0.4, 0.5) is 11.9 Å². The molecule has 0 bridgehead atoms. The first-order valence-corrected chi connectivity index (χ1v) is 9.43. The minimum Gasteiger partial charge on any atom is -0.378 e. The van der Waals surface area contributed by atoms with Crippen LogP contribution in [0.2, 0.25) is 0 Å². The molecular weight excluding hydrogens is 344 g/mol. The van der Waals surface area contributed by atoms with Crippen LogP contribution < -0.4 is 9.80 Å². The van der Waals surface area contributed by atoms with E-state index >= 15 is 0 Å². The van der Waals surface area contributed by atoms with Crippen molar-refractivity contribution in [3.05, 3.63) is 6.33 Å². The number of thioether (sulfide) groups is 1. The molecule has 0 aliphatic carbocycles. The predicted octanol–water partition coefficient (Wildman–Crippen LogP) is -0.153. The van der Waals surface area contributed by atoms with Gasteiger partial charge in [-0.25, -0.2) is 4.98 Å². The van der Waals surface area contributed by atoms with Crippen molar-refractivity contribution in [2.45, 2.75) is 5.16 Å². The molecular formula is C14H20N8O2S. The fraction of sp³-hybridized carbons (Fsp3) is 0.643. The summed E-state index contributed by atoms with van der Waals surface area (Å²) in [7, 11) is 0. The van der Waals surface area contributed by atoms with Crippen molar-refractivity contribution >= 4 is 23.7 Å². The molecule has 0 spiro atoms. The van der Waals surface area contributed by atoms with Gasteiger partial charge in [0.25, 0.3) is 5.95 Å². The van der Waals surface area contributed by atoms with Gasteiger partial charge in [-0.2, -0.15) is 19.6 Å². The van der Waals surface area contributed by atoms with Gasteiger partial charge < -0.3 is 19.3 Å². The Morgan fingerprint density at radius 2 is 1.36 bits per heavy atom. The van der Waals surface area contributed by atoms with Gasteiger partial charge in [0, 0.05) is 26.2 Å². The minimum atomic E-state index is 0.478. The first-order valence-electron chi connectivity index (χ1n) is 8.21. The molecule has 0 atom stereocenters. The van der Waals surface area contributed by atoms with Gasteiger partial charge in [0.05, 0.1) is 26.4 Å². The molecule has 2 aromatic rings. The lowest BCUT2D eigenvalue weighted by molar-refractivity contribution is 0.121. The SMILES string of the molecule is CSc1ncn(-c2nc(N3CCOCC3)nc(N3CCOCC3)n2)n1. The smallest absolute Gasteiger partial charge is 0.258 e. The van der Waals surface area contributed by atoms with E-state index < -0.39 is 0 Å². The summed E-state index contributed by atoms with van der Waals surface area (Å²) in [6.45, 7) is 5.75. The quantitative estimate of drug-likeness (QED) is 0.682. The first kappa shape index (κ1) is 16.5. The summed E-state index contributed by atoms with van der Waals surface area (Å²) in [4.78, 5) is 22.4. The highest BCUT2D eigenvalue weighted by molar-refractivity contribution is 7.98. The van der Waals surface area contributed by atoms with E-state index in [-0.39, 0.29) is 0 Å². The van der Waals surface area contributed by atoms with Crippen LogP contribution in [0.5, 0.6) is 0 Å². The molecule has 0 unspecified atom stereocenters. The third-order valence-corrected chi connectivity index (χ3v) is 4.60. The Kier molecular flexibility index (Phi) is 4.95. The molecule has 0 N–H and O–H groups in total. The first-order chi connectivity index (χ1) is 12.3. The van der Waals surface area contributed by atoms with Crippen LogP contribution in [0.15, 0.2) is 11.5 Å². The van der Waals surface area contributed by atoms with Gasteiger partial charge in [-0.1, -0.05) is 11.8 Å². The van der Waals surface area contributed by atoms with Crippen LogP contribution in [-0.2, 0) is 9.47 Å². The number of aromatic nitrogens is 6. The van der Waals surface area contributed by atoms with Crippen molar-refractivity contribution in [1.82, 2.24) is 29.7 Å². The maximum absolute atomic E-state index is 5.43. The normalized spacial score (nSPS) is 18.6. The summed E-state index contributed by atoms with van der Waals surface area (Å²) in [5.74, 6) is 1.78. The largest absolute Gasteiger partial charge is 0.378 e. The molecule has 2 aromatic heterocycles. The van der Waals surface area contributed by atoms with Crippen LogP contribution in [0.1, 0.15) is 0 Å². The average molecular weight is 364 g/mol. The molecule has 25 heavy (non-hydrogen) atoms. The second-order valence-corrected chi connectivity index (χ2v) is 6.38. The molecule has 11 heteroatoms. The molecule has 4 rings (SSSR count). The summed E-state index contributed by atoms with van der Waals surface area (Å²) >= 11 is 1.48. The van der Waals surface area contributed by atoms with Crippen molar-refractivity contribution in [2.75, 3.05) is 68.7 Å². The van der Waals surface area contributed by atoms with E-state index in [0.29, 0.717) is 49.4 Å². The Bertz CT molecular complexity index is 678. The number of hydrogen-bond acceptors (Lipinski definition) is 10. The van der Waals surface area contributed by atoms with E-state index in [2.05, 4.69) is 34.8 Å². The molecule has 10 nitrogen and oxygen atoms in total. The van der Waals surface area contributed by atoms with E-state index in [0.717, 1.165) is 26.2 Å². The predicted molar refractivity (Wildman–Crippen MR) is 92.6 cm³/mol. The number of rotatable bonds is 4. The lowest BCUT2D eigenvalue weighted by Gasteiger charge is -2.30. The van der Waals surface area contributed by atoms with Gasteiger partial charge >= 0.3 is 0 Å². The van der Waals surface area contributed by atoms with Gasteiger partial charge in [0.15, 0.2) is 0 Å². The third kappa shape index (κ3) is 3.67.